The minimum Gasteiger partial charge on any atom is -0.464 e. The molecule has 4 aromatic carbocycles. The highest BCUT2D eigenvalue weighted by atomic mass is 79.9. The van der Waals surface area contributed by atoms with Gasteiger partial charge in [-0.25, -0.2) is 5.01 Å². The topological polar surface area (TPSA) is 24.8 Å². The molecule has 2 aliphatic heterocycles. The fourth-order valence-corrected chi connectivity index (χ4v) is 4.93. The van der Waals surface area contributed by atoms with Gasteiger partial charge in [0.05, 0.1) is 11.8 Å². The predicted octanol–water partition coefficient (Wildman–Crippen LogP) is 7.15. The van der Waals surface area contributed by atoms with Gasteiger partial charge in [0.1, 0.15) is 5.75 Å². The van der Waals surface area contributed by atoms with Crippen LogP contribution < -0.4 is 4.74 Å². The Balaban J connectivity index is 1.45. The van der Waals surface area contributed by atoms with Crippen molar-refractivity contribution in [1.29, 1.82) is 0 Å². The number of benzene rings is 4. The van der Waals surface area contributed by atoms with E-state index in [1.54, 1.807) is 0 Å². The van der Waals surface area contributed by atoms with Crippen LogP contribution in [0.4, 0.5) is 0 Å². The van der Waals surface area contributed by atoms with Gasteiger partial charge in [0.15, 0.2) is 0 Å². The molecule has 2 heterocycles. The third kappa shape index (κ3) is 3.22. The molecule has 0 radical (unpaired) electrons. The Morgan fingerprint density at radius 1 is 0.903 bits per heavy atom. The van der Waals surface area contributed by atoms with Crippen molar-refractivity contribution < 1.29 is 4.74 Å². The van der Waals surface area contributed by atoms with E-state index in [1.807, 2.05) is 6.07 Å². The van der Waals surface area contributed by atoms with E-state index in [0.29, 0.717) is 0 Å². The van der Waals surface area contributed by atoms with Crippen LogP contribution in [0.25, 0.3) is 10.8 Å². The SMILES string of the molecule is Cc1ccc(C2Oc3ccc(Br)cc3C3CC(c4ccc5ccccc5c4)=NN32)cc1. The second-order valence-electron chi connectivity index (χ2n) is 8.27. The molecule has 4 heteroatoms. The number of aryl methyl sites for hydroxylation is 1. The number of hydrogen-bond acceptors (Lipinski definition) is 3. The van der Waals surface area contributed by atoms with Crippen LogP contribution in [0.1, 0.15) is 40.9 Å². The average Bonchev–Trinajstić information content (AvgIpc) is 3.25. The third-order valence-electron chi connectivity index (χ3n) is 6.20. The van der Waals surface area contributed by atoms with Crippen molar-refractivity contribution >= 4 is 32.4 Å². The highest BCUT2D eigenvalue weighted by Gasteiger charge is 2.41. The monoisotopic (exact) mass is 468 g/mol. The number of nitrogens with zero attached hydrogens (tertiary/aromatic N) is 2. The molecule has 6 rings (SSSR count). The Kier molecular flexibility index (Phi) is 4.35. The second-order valence-corrected chi connectivity index (χ2v) is 9.19. The fraction of sp³-hybridized carbons (Fsp3) is 0.148. The molecule has 0 aliphatic carbocycles. The van der Waals surface area contributed by atoms with Crippen molar-refractivity contribution in [2.45, 2.75) is 25.6 Å². The average molecular weight is 469 g/mol. The maximum Gasteiger partial charge on any atom is 0.213 e. The lowest BCUT2D eigenvalue weighted by atomic mass is 9.95. The first-order valence-corrected chi connectivity index (χ1v) is 11.3. The van der Waals surface area contributed by atoms with Gasteiger partial charge in [0.2, 0.25) is 6.23 Å². The third-order valence-corrected chi connectivity index (χ3v) is 6.69. The number of halogens is 1. The van der Waals surface area contributed by atoms with E-state index in [0.717, 1.165) is 27.9 Å². The highest BCUT2D eigenvalue weighted by Crippen LogP contribution is 2.48. The zero-order valence-electron chi connectivity index (χ0n) is 17.1. The standard InChI is InChI=1S/C27H21BrN2O/c1-17-6-8-19(9-7-17)27-30-25(23-15-22(28)12-13-26(23)31-27)16-24(29-30)21-11-10-18-4-2-3-5-20(18)14-21/h2-15,25,27H,16H2,1H3. The van der Waals surface area contributed by atoms with Gasteiger partial charge >= 0.3 is 0 Å². The molecule has 0 aromatic heterocycles. The lowest BCUT2D eigenvalue weighted by Crippen LogP contribution is -2.33. The lowest BCUT2D eigenvalue weighted by molar-refractivity contribution is -0.0190. The van der Waals surface area contributed by atoms with Crippen LogP contribution in [0.15, 0.2) is 94.5 Å². The number of hydrogen-bond donors (Lipinski definition) is 0. The Labute approximate surface area is 190 Å². The summed E-state index contributed by atoms with van der Waals surface area (Å²) >= 11 is 3.63. The summed E-state index contributed by atoms with van der Waals surface area (Å²) in [5, 5.41) is 9.73. The summed E-state index contributed by atoms with van der Waals surface area (Å²) in [6, 6.07) is 30.0. The van der Waals surface area contributed by atoms with Gasteiger partial charge in [0, 0.05) is 22.0 Å². The molecule has 3 nitrogen and oxygen atoms in total. The maximum absolute atomic E-state index is 6.48. The summed E-state index contributed by atoms with van der Waals surface area (Å²) in [5.41, 5.74) is 5.81. The Hall–Kier alpha value is -3.11. The molecule has 2 atom stereocenters. The van der Waals surface area contributed by atoms with Gasteiger partial charge in [0.25, 0.3) is 0 Å². The van der Waals surface area contributed by atoms with E-state index < -0.39 is 0 Å². The van der Waals surface area contributed by atoms with Gasteiger partial charge in [-0.2, -0.15) is 5.10 Å². The van der Waals surface area contributed by atoms with E-state index in [2.05, 4.69) is 107 Å². The van der Waals surface area contributed by atoms with E-state index >= 15 is 0 Å². The molecular weight excluding hydrogens is 448 g/mol. The molecule has 0 saturated carbocycles. The van der Waals surface area contributed by atoms with E-state index in [4.69, 9.17) is 9.84 Å². The molecule has 152 valence electrons. The smallest absolute Gasteiger partial charge is 0.213 e. The van der Waals surface area contributed by atoms with Crippen molar-refractivity contribution in [2.24, 2.45) is 5.10 Å². The minimum atomic E-state index is -0.239. The van der Waals surface area contributed by atoms with Crippen LogP contribution in [0, 0.1) is 6.92 Å². The molecule has 0 amide bonds. The van der Waals surface area contributed by atoms with Crippen LogP contribution in [0.2, 0.25) is 0 Å². The van der Waals surface area contributed by atoms with Crippen LogP contribution in [-0.4, -0.2) is 10.7 Å². The van der Waals surface area contributed by atoms with Crippen molar-refractivity contribution in [2.75, 3.05) is 0 Å². The Bertz CT molecular complexity index is 1330. The Morgan fingerprint density at radius 3 is 2.55 bits per heavy atom. The van der Waals surface area contributed by atoms with Gasteiger partial charge in [-0.1, -0.05) is 82.2 Å². The number of hydrazone groups is 1. The summed E-state index contributed by atoms with van der Waals surface area (Å²) in [7, 11) is 0. The zero-order chi connectivity index (χ0) is 20.9. The first-order valence-electron chi connectivity index (χ1n) is 10.5. The quantitative estimate of drug-likeness (QED) is 0.311. The fourth-order valence-electron chi connectivity index (χ4n) is 4.55. The zero-order valence-corrected chi connectivity index (χ0v) is 18.7. The minimum absolute atomic E-state index is 0.147. The molecule has 2 unspecified atom stereocenters. The summed E-state index contributed by atoms with van der Waals surface area (Å²) in [6.45, 7) is 2.10. The van der Waals surface area contributed by atoms with Crippen molar-refractivity contribution in [3.8, 4) is 5.75 Å². The van der Waals surface area contributed by atoms with Crippen LogP contribution in [0.5, 0.6) is 5.75 Å². The van der Waals surface area contributed by atoms with Crippen LogP contribution in [0.3, 0.4) is 0 Å². The van der Waals surface area contributed by atoms with Crippen molar-refractivity contribution in [1.82, 2.24) is 5.01 Å². The van der Waals surface area contributed by atoms with Gasteiger partial charge < -0.3 is 4.74 Å². The molecule has 0 saturated heterocycles. The van der Waals surface area contributed by atoms with Crippen LogP contribution in [-0.2, 0) is 0 Å². The van der Waals surface area contributed by atoms with Crippen molar-refractivity contribution in [3.05, 3.63) is 112 Å². The largest absolute Gasteiger partial charge is 0.464 e. The van der Waals surface area contributed by atoms with Crippen molar-refractivity contribution in [3.63, 3.8) is 0 Å². The number of rotatable bonds is 2. The normalized spacial score (nSPS) is 19.5. The number of fused-ring (bicyclic) bond motifs is 4. The van der Waals surface area contributed by atoms with E-state index in [-0.39, 0.29) is 12.3 Å². The second kappa shape index (κ2) is 7.24. The molecule has 0 N–H and O–H groups in total. The molecule has 0 fully saturated rings. The van der Waals surface area contributed by atoms with E-state index in [1.165, 1.54) is 27.5 Å². The molecule has 2 aliphatic rings. The summed E-state index contributed by atoms with van der Waals surface area (Å²) in [5.74, 6) is 0.935. The molecule has 31 heavy (non-hydrogen) atoms. The maximum atomic E-state index is 6.48. The van der Waals surface area contributed by atoms with Gasteiger partial charge in [-0.15, -0.1) is 0 Å². The van der Waals surface area contributed by atoms with Gasteiger partial charge in [-0.3, -0.25) is 0 Å². The number of ether oxygens (including phenoxy) is 1. The highest BCUT2D eigenvalue weighted by molar-refractivity contribution is 9.10. The molecule has 0 bridgehead atoms. The predicted molar refractivity (Wildman–Crippen MR) is 128 cm³/mol. The summed E-state index contributed by atoms with van der Waals surface area (Å²) in [6.07, 6.45) is 0.616. The lowest BCUT2D eigenvalue weighted by Gasteiger charge is -2.38. The molecule has 0 spiro atoms. The summed E-state index contributed by atoms with van der Waals surface area (Å²) in [4.78, 5) is 0. The van der Waals surface area contributed by atoms with Gasteiger partial charge in [-0.05, 0) is 47.5 Å². The summed E-state index contributed by atoms with van der Waals surface area (Å²) < 4.78 is 7.54. The first-order chi connectivity index (χ1) is 15.2. The Morgan fingerprint density at radius 2 is 1.71 bits per heavy atom. The molecule has 4 aromatic rings. The van der Waals surface area contributed by atoms with Crippen LogP contribution >= 0.6 is 15.9 Å². The first kappa shape index (κ1) is 18.6. The van der Waals surface area contributed by atoms with E-state index in [9.17, 15) is 0 Å². The molecular formula is C27H21BrN2O.